The van der Waals surface area contributed by atoms with Crippen molar-refractivity contribution < 1.29 is 31.6 Å². The Morgan fingerprint density at radius 3 is 2.45 bits per heavy atom. The fourth-order valence-electron chi connectivity index (χ4n) is 3.02. The maximum absolute atomic E-state index is 12.8. The van der Waals surface area contributed by atoms with Crippen molar-refractivity contribution in [2.75, 3.05) is 25.2 Å². The van der Waals surface area contributed by atoms with Gasteiger partial charge in [0.25, 0.3) is 10.1 Å². The molecule has 0 aliphatic carbocycles. The summed E-state index contributed by atoms with van der Waals surface area (Å²) in [6, 6.07) is 11.5. The molecule has 168 valence electrons. The summed E-state index contributed by atoms with van der Waals surface area (Å²) in [7, 11) is -2.50. The molecule has 1 aliphatic heterocycles. The number of aryl methyl sites for hydroxylation is 1. The van der Waals surface area contributed by atoms with Crippen molar-refractivity contribution in [2.24, 2.45) is 0 Å². The number of methoxy groups -OCH3 is 1. The molecule has 0 aromatic heterocycles. The Labute approximate surface area is 182 Å². The number of benzene rings is 2. The van der Waals surface area contributed by atoms with Crippen LogP contribution in [0.3, 0.4) is 0 Å². The molecule has 3 rings (SSSR count). The predicted molar refractivity (Wildman–Crippen MR) is 115 cm³/mol. The van der Waals surface area contributed by atoms with Crippen LogP contribution in [0.5, 0.6) is 11.5 Å². The highest BCUT2D eigenvalue weighted by atomic mass is 32.2. The van der Waals surface area contributed by atoms with Crippen LogP contribution in [0.25, 0.3) is 0 Å². The second-order valence-corrected chi connectivity index (χ2v) is 9.81. The van der Waals surface area contributed by atoms with Crippen LogP contribution in [0.15, 0.2) is 47.4 Å². The number of ether oxygens (including phenoxy) is 3. The summed E-state index contributed by atoms with van der Waals surface area (Å²) >= 11 is 0. The number of amides is 1. The number of anilines is 1. The van der Waals surface area contributed by atoms with E-state index in [0.717, 1.165) is 5.56 Å². The molecule has 0 spiro atoms. The highest BCUT2D eigenvalue weighted by molar-refractivity contribution is 7.86. The molecule has 2 aromatic carbocycles. The molecule has 0 N–H and O–H groups in total. The number of para-hydroxylation sites is 1. The highest BCUT2D eigenvalue weighted by Gasteiger charge is 2.35. The molecular weight excluding hydrogens is 422 g/mol. The van der Waals surface area contributed by atoms with E-state index in [4.69, 9.17) is 18.4 Å². The van der Waals surface area contributed by atoms with Crippen LogP contribution in [0.2, 0.25) is 0 Å². The number of hydrogen-bond donors (Lipinski definition) is 0. The van der Waals surface area contributed by atoms with E-state index in [1.165, 1.54) is 24.1 Å². The Morgan fingerprint density at radius 1 is 1.16 bits per heavy atom. The molecule has 1 aliphatic rings. The van der Waals surface area contributed by atoms with Gasteiger partial charge in [0.05, 0.1) is 24.2 Å². The number of fused-ring (bicyclic) bond motifs is 1. The minimum absolute atomic E-state index is 0.0517. The number of nitrogens with zero attached hydrogens (tertiary/aromatic N) is 1. The van der Waals surface area contributed by atoms with Crippen LogP contribution in [0.4, 0.5) is 10.5 Å². The second kappa shape index (κ2) is 8.76. The normalized spacial score (nSPS) is 16.3. The molecule has 1 unspecified atom stereocenters. The van der Waals surface area contributed by atoms with Gasteiger partial charge in [-0.2, -0.15) is 8.42 Å². The fraction of sp³-hybridized carbons (Fsp3) is 0.409. The average molecular weight is 450 g/mol. The zero-order valence-corrected chi connectivity index (χ0v) is 19.1. The summed E-state index contributed by atoms with van der Waals surface area (Å²) in [6.45, 7) is 6.94. The molecule has 0 saturated carbocycles. The second-order valence-electron chi connectivity index (χ2n) is 8.19. The van der Waals surface area contributed by atoms with E-state index in [2.05, 4.69) is 0 Å². The lowest BCUT2D eigenvalue weighted by Crippen LogP contribution is -2.47. The lowest BCUT2D eigenvalue weighted by molar-refractivity contribution is 0.0527. The molecule has 31 heavy (non-hydrogen) atoms. The molecular formula is C22H27NO7S. The number of carbonyl (C=O) groups excluding carboxylic acids is 1. The lowest BCUT2D eigenvalue weighted by Gasteiger charge is -2.36. The maximum atomic E-state index is 12.8. The zero-order valence-electron chi connectivity index (χ0n) is 18.2. The van der Waals surface area contributed by atoms with Crippen molar-refractivity contribution >= 4 is 21.9 Å². The third-order valence-electron chi connectivity index (χ3n) is 4.47. The van der Waals surface area contributed by atoms with Crippen molar-refractivity contribution in [1.29, 1.82) is 0 Å². The standard InChI is InChI=1S/C22H27NO7S/c1-15-9-11-17(12-10-15)31(25,26)28-14-16-13-23(21(24)30-22(2,3)4)18-7-6-8-19(27-5)20(18)29-16/h6-12,16H,13-14H2,1-5H3. The van der Waals surface area contributed by atoms with Crippen molar-refractivity contribution in [3.8, 4) is 11.5 Å². The van der Waals surface area contributed by atoms with E-state index in [9.17, 15) is 13.2 Å². The smallest absolute Gasteiger partial charge is 0.415 e. The van der Waals surface area contributed by atoms with E-state index in [1.807, 2.05) is 6.92 Å². The Kier molecular flexibility index (Phi) is 6.47. The van der Waals surface area contributed by atoms with Crippen LogP contribution >= 0.6 is 0 Å². The van der Waals surface area contributed by atoms with Crippen LogP contribution in [-0.4, -0.2) is 46.5 Å². The van der Waals surface area contributed by atoms with Gasteiger partial charge in [-0.25, -0.2) is 4.79 Å². The molecule has 9 heteroatoms. The third kappa shape index (κ3) is 5.48. The summed E-state index contributed by atoms with van der Waals surface area (Å²) in [5.41, 5.74) is 0.715. The van der Waals surface area contributed by atoms with Gasteiger partial charge < -0.3 is 14.2 Å². The summed E-state index contributed by atoms with van der Waals surface area (Å²) < 4.78 is 47.2. The van der Waals surface area contributed by atoms with Crippen molar-refractivity contribution in [3.63, 3.8) is 0 Å². The van der Waals surface area contributed by atoms with E-state index < -0.39 is 27.9 Å². The van der Waals surface area contributed by atoms with Crippen LogP contribution in [0, 0.1) is 6.92 Å². The van der Waals surface area contributed by atoms with E-state index in [0.29, 0.717) is 17.2 Å². The van der Waals surface area contributed by atoms with Crippen LogP contribution in [0.1, 0.15) is 26.3 Å². The first kappa shape index (κ1) is 22.9. The Balaban J connectivity index is 1.83. The van der Waals surface area contributed by atoms with E-state index in [1.54, 1.807) is 51.1 Å². The van der Waals surface area contributed by atoms with Gasteiger partial charge in [-0.3, -0.25) is 9.08 Å². The topological polar surface area (TPSA) is 91.4 Å². The van der Waals surface area contributed by atoms with Gasteiger partial charge in [0, 0.05) is 0 Å². The molecule has 2 aromatic rings. The third-order valence-corrected chi connectivity index (χ3v) is 5.77. The van der Waals surface area contributed by atoms with Crippen molar-refractivity contribution in [2.45, 2.75) is 44.3 Å². The fourth-order valence-corrected chi connectivity index (χ4v) is 3.95. The number of hydrogen-bond acceptors (Lipinski definition) is 7. The van der Waals surface area contributed by atoms with Gasteiger partial charge in [-0.15, -0.1) is 0 Å². The van der Waals surface area contributed by atoms with Crippen LogP contribution in [-0.2, 0) is 19.0 Å². The minimum atomic E-state index is -3.98. The Morgan fingerprint density at radius 2 is 1.84 bits per heavy atom. The predicted octanol–water partition coefficient (Wildman–Crippen LogP) is 3.91. The van der Waals surface area contributed by atoms with Gasteiger partial charge in [0.1, 0.15) is 18.3 Å². The minimum Gasteiger partial charge on any atom is -0.493 e. The largest absolute Gasteiger partial charge is 0.493 e. The summed E-state index contributed by atoms with van der Waals surface area (Å²) in [6.07, 6.45) is -1.33. The molecule has 0 bridgehead atoms. The first-order chi connectivity index (χ1) is 14.5. The van der Waals surface area contributed by atoms with Crippen molar-refractivity contribution in [1.82, 2.24) is 0 Å². The average Bonchev–Trinajstić information content (AvgIpc) is 2.70. The summed E-state index contributed by atoms with van der Waals surface area (Å²) in [5.74, 6) is 0.737. The van der Waals surface area contributed by atoms with Gasteiger partial charge in [0.15, 0.2) is 11.5 Å². The van der Waals surface area contributed by atoms with Gasteiger partial charge >= 0.3 is 6.09 Å². The SMILES string of the molecule is COc1cccc2c1OC(COS(=O)(=O)c1ccc(C)cc1)CN2C(=O)OC(C)(C)C. The van der Waals surface area contributed by atoms with Crippen LogP contribution < -0.4 is 14.4 Å². The first-order valence-electron chi connectivity index (χ1n) is 9.80. The van der Waals surface area contributed by atoms with Gasteiger partial charge in [-0.05, 0) is 52.0 Å². The first-order valence-corrected chi connectivity index (χ1v) is 11.2. The molecule has 1 heterocycles. The Hall–Kier alpha value is -2.78. The summed E-state index contributed by atoms with van der Waals surface area (Å²) in [4.78, 5) is 14.3. The van der Waals surface area contributed by atoms with E-state index in [-0.39, 0.29) is 18.0 Å². The molecule has 1 amide bonds. The van der Waals surface area contributed by atoms with Crippen molar-refractivity contribution in [3.05, 3.63) is 48.0 Å². The Bertz CT molecular complexity index is 1040. The zero-order chi connectivity index (χ0) is 22.8. The lowest BCUT2D eigenvalue weighted by atomic mass is 10.1. The molecule has 0 radical (unpaired) electrons. The monoisotopic (exact) mass is 449 g/mol. The summed E-state index contributed by atoms with van der Waals surface area (Å²) in [5, 5.41) is 0. The quantitative estimate of drug-likeness (QED) is 0.639. The molecule has 8 nitrogen and oxygen atoms in total. The van der Waals surface area contributed by atoms with E-state index >= 15 is 0 Å². The van der Waals surface area contributed by atoms with Gasteiger partial charge in [-0.1, -0.05) is 23.8 Å². The molecule has 0 fully saturated rings. The number of carbonyl (C=O) groups is 1. The van der Waals surface area contributed by atoms with Gasteiger partial charge in [0.2, 0.25) is 0 Å². The maximum Gasteiger partial charge on any atom is 0.415 e. The molecule has 0 saturated heterocycles. The highest BCUT2D eigenvalue weighted by Crippen LogP contribution is 2.41. The molecule has 1 atom stereocenters. The number of rotatable bonds is 5.